The van der Waals surface area contributed by atoms with E-state index in [1.165, 1.54) is 5.69 Å². The topological polar surface area (TPSA) is 86.0 Å². The molecule has 0 saturated carbocycles. The molecule has 3 rings (SSSR count). The van der Waals surface area contributed by atoms with Crippen LogP contribution >= 0.6 is 24.0 Å². The van der Waals surface area contributed by atoms with Gasteiger partial charge in [-0.3, -0.25) is 4.79 Å². The second-order valence-corrected chi connectivity index (χ2v) is 7.00. The molecule has 2 N–H and O–H groups in total. The highest BCUT2D eigenvalue weighted by molar-refractivity contribution is 14.0. The van der Waals surface area contributed by atoms with Gasteiger partial charge in [-0.1, -0.05) is 18.2 Å². The third-order valence-electron chi connectivity index (χ3n) is 4.95. The summed E-state index contributed by atoms with van der Waals surface area (Å²) in [4.78, 5) is 25.6. The van der Waals surface area contributed by atoms with E-state index in [9.17, 15) is 4.79 Å². The van der Waals surface area contributed by atoms with Gasteiger partial charge in [-0.05, 0) is 32.9 Å². The van der Waals surface area contributed by atoms with E-state index in [-0.39, 0.29) is 36.4 Å². The molecule has 1 aromatic heterocycles. The number of amides is 1. The minimum Gasteiger partial charge on any atom is -0.444 e. The van der Waals surface area contributed by atoms with Crippen LogP contribution in [0.25, 0.3) is 0 Å². The average molecular weight is 526 g/mol. The number of piperazine rings is 1. The first-order valence-corrected chi connectivity index (χ1v) is 10.1. The van der Waals surface area contributed by atoms with Crippen LogP contribution in [0.15, 0.2) is 39.7 Å². The first-order chi connectivity index (χ1) is 14.1. The highest BCUT2D eigenvalue weighted by Gasteiger charge is 2.21. The van der Waals surface area contributed by atoms with Gasteiger partial charge in [0, 0.05) is 38.4 Å². The Bertz CT molecular complexity index is 812. The van der Waals surface area contributed by atoms with Crippen molar-refractivity contribution < 1.29 is 9.21 Å². The maximum absolute atomic E-state index is 12.6. The first-order valence-electron chi connectivity index (χ1n) is 10.1. The zero-order valence-corrected chi connectivity index (χ0v) is 20.2. The Morgan fingerprint density at radius 3 is 2.43 bits per heavy atom. The molecular weight excluding hydrogens is 495 g/mol. The Morgan fingerprint density at radius 2 is 1.83 bits per heavy atom. The number of hydrogen-bond acceptors (Lipinski definition) is 5. The van der Waals surface area contributed by atoms with Crippen LogP contribution in [0.5, 0.6) is 0 Å². The zero-order chi connectivity index (χ0) is 20.6. The fourth-order valence-corrected chi connectivity index (χ4v) is 3.22. The molecule has 1 saturated heterocycles. The number of nitrogens with one attached hydrogen (secondary N) is 2. The molecule has 9 heteroatoms. The molecule has 0 spiro atoms. The Morgan fingerprint density at radius 1 is 1.13 bits per heavy atom. The quantitative estimate of drug-likeness (QED) is 0.342. The molecule has 8 nitrogen and oxygen atoms in total. The van der Waals surface area contributed by atoms with E-state index in [2.05, 4.69) is 37.6 Å². The van der Waals surface area contributed by atoms with E-state index < -0.39 is 0 Å². The number of aromatic nitrogens is 1. The molecule has 0 unspecified atom stereocenters. The minimum absolute atomic E-state index is 0. The molecule has 1 aliphatic rings. The molecule has 1 amide bonds. The minimum atomic E-state index is 0. The third kappa shape index (κ3) is 6.61. The molecule has 164 valence electrons. The van der Waals surface area contributed by atoms with Gasteiger partial charge >= 0.3 is 0 Å². The van der Waals surface area contributed by atoms with Gasteiger partial charge in [0.1, 0.15) is 12.3 Å². The Kier molecular flexibility index (Phi) is 9.41. The number of anilines is 1. The average Bonchev–Trinajstić information content (AvgIpc) is 3.08. The molecule has 1 fully saturated rings. The van der Waals surface area contributed by atoms with Crippen LogP contribution in [0.2, 0.25) is 0 Å². The summed E-state index contributed by atoms with van der Waals surface area (Å²) in [5.74, 6) is 2.04. The smallest absolute Gasteiger partial charge is 0.244 e. The van der Waals surface area contributed by atoms with Crippen molar-refractivity contribution in [3.8, 4) is 0 Å². The third-order valence-corrected chi connectivity index (χ3v) is 4.95. The maximum atomic E-state index is 12.6. The number of carbonyl (C=O) groups is 1. The number of para-hydroxylation sites is 1. The summed E-state index contributed by atoms with van der Waals surface area (Å²) in [6, 6.07) is 10.3. The van der Waals surface area contributed by atoms with Gasteiger partial charge in [-0.2, -0.15) is 0 Å². The number of hydrogen-bond donors (Lipinski definition) is 2. The fraction of sp³-hybridized carbons (Fsp3) is 0.476. The number of aryl methyl sites for hydroxylation is 2. The number of aliphatic imine (C=N–C) groups is 1. The van der Waals surface area contributed by atoms with Crippen molar-refractivity contribution in [2.24, 2.45) is 4.99 Å². The molecule has 0 radical (unpaired) electrons. The number of oxazole rings is 1. The second-order valence-electron chi connectivity index (χ2n) is 7.00. The van der Waals surface area contributed by atoms with Crippen molar-refractivity contribution in [1.82, 2.24) is 20.5 Å². The predicted octanol–water partition coefficient (Wildman–Crippen LogP) is 2.31. The highest BCUT2D eigenvalue weighted by atomic mass is 127. The van der Waals surface area contributed by atoms with E-state index in [1.54, 1.807) is 0 Å². The van der Waals surface area contributed by atoms with Gasteiger partial charge in [0.15, 0.2) is 5.96 Å². The SMILES string of the molecule is CCNC(=NCC(=O)N1CCN(c2ccccc2)CC1)NCc1nc(C)c(C)o1.I. The van der Waals surface area contributed by atoms with Gasteiger partial charge in [0.05, 0.1) is 12.2 Å². The Balaban J connectivity index is 0.00000320. The van der Waals surface area contributed by atoms with Crippen LogP contribution in [-0.4, -0.2) is 61.0 Å². The monoisotopic (exact) mass is 526 g/mol. The van der Waals surface area contributed by atoms with Gasteiger partial charge in [-0.25, -0.2) is 9.98 Å². The summed E-state index contributed by atoms with van der Waals surface area (Å²) in [6.07, 6.45) is 0. The van der Waals surface area contributed by atoms with Crippen LogP contribution in [-0.2, 0) is 11.3 Å². The van der Waals surface area contributed by atoms with Crippen molar-refractivity contribution in [2.45, 2.75) is 27.3 Å². The number of guanidine groups is 1. The van der Waals surface area contributed by atoms with Crippen LogP contribution in [0.4, 0.5) is 5.69 Å². The summed E-state index contributed by atoms with van der Waals surface area (Å²) >= 11 is 0. The van der Waals surface area contributed by atoms with E-state index in [4.69, 9.17) is 4.42 Å². The lowest BCUT2D eigenvalue weighted by Gasteiger charge is -2.36. The predicted molar refractivity (Wildman–Crippen MR) is 129 cm³/mol. The lowest BCUT2D eigenvalue weighted by atomic mass is 10.2. The van der Waals surface area contributed by atoms with Crippen LogP contribution in [0.1, 0.15) is 24.3 Å². The largest absolute Gasteiger partial charge is 0.444 e. The van der Waals surface area contributed by atoms with Gasteiger partial charge in [0.25, 0.3) is 0 Å². The molecular formula is C21H31IN6O2. The summed E-state index contributed by atoms with van der Waals surface area (Å²) < 4.78 is 5.57. The summed E-state index contributed by atoms with van der Waals surface area (Å²) in [5, 5.41) is 6.32. The highest BCUT2D eigenvalue weighted by Crippen LogP contribution is 2.15. The zero-order valence-electron chi connectivity index (χ0n) is 17.9. The molecule has 0 bridgehead atoms. The summed E-state index contributed by atoms with van der Waals surface area (Å²) in [7, 11) is 0. The van der Waals surface area contributed by atoms with Crippen LogP contribution in [0, 0.1) is 13.8 Å². The number of halogens is 1. The molecule has 2 heterocycles. The molecule has 1 aromatic carbocycles. The van der Waals surface area contributed by atoms with Crippen molar-refractivity contribution >= 4 is 41.5 Å². The lowest BCUT2D eigenvalue weighted by Crippen LogP contribution is -2.49. The van der Waals surface area contributed by atoms with E-state index in [0.717, 1.165) is 24.5 Å². The fourth-order valence-electron chi connectivity index (χ4n) is 3.22. The van der Waals surface area contributed by atoms with Crippen LogP contribution < -0.4 is 15.5 Å². The lowest BCUT2D eigenvalue weighted by molar-refractivity contribution is -0.129. The maximum Gasteiger partial charge on any atom is 0.244 e. The van der Waals surface area contributed by atoms with Crippen molar-refractivity contribution in [2.75, 3.05) is 44.2 Å². The molecule has 30 heavy (non-hydrogen) atoms. The molecule has 1 aliphatic heterocycles. The second kappa shape index (κ2) is 11.8. The van der Waals surface area contributed by atoms with E-state index in [1.807, 2.05) is 43.9 Å². The Hall–Kier alpha value is -2.30. The van der Waals surface area contributed by atoms with Gasteiger partial charge in [0.2, 0.25) is 11.8 Å². The van der Waals surface area contributed by atoms with Crippen LogP contribution in [0.3, 0.4) is 0 Å². The number of benzene rings is 1. The molecule has 2 aromatic rings. The Labute approximate surface area is 195 Å². The van der Waals surface area contributed by atoms with Crippen molar-refractivity contribution in [1.29, 1.82) is 0 Å². The summed E-state index contributed by atoms with van der Waals surface area (Å²) in [5.41, 5.74) is 2.09. The van der Waals surface area contributed by atoms with E-state index >= 15 is 0 Å². The van der Waals surface area contributed by atoms with E-state index in [0.29, 0.717) is 38.0 Å². The normalized spacial score (nSPS) is 14.3. The number of rotatable bonds is 6. The van der Waals surface area contributed by atoms with Gasteiger partial charge in [-0.15, -0.1) is 24.0 Å². The summed E-state index contributed by atoms with van der Waals surface area (Å²) in [6.45, 7) is 10.1. The van der Waals surface area contributed by atoms with Crippen molar-refractivity contribution in [3.63, 3.8) is 0 Å². The molecule has 0 aliphatic carbocycles. The van der Waals surface area contributed by atoms with Crippen molar-refractivity contribution in [3.05, 3.63) is 47.7 Å². The number of nitrogens with zero attached hydrogens (tertiary/aromatic N) is 4. The standard InChI is InChI=1S/C21H30N6O2.HI/c1-4-22-21(23-14-19-25-16(2)17(3)29-19)24-15-20(28)27-12-10-26(11-13-27)18-8-6-5-7-9-18;/h5-9H,4,10-15H2,1-3H3,(H2,22,23,24);1H. The number of carbonyl (C=O) groups excluding carboxylic acids is 1. The first kappa shape index (κ1) is 24.0. The van der Waals surface area contributed by atoms with Gasteiger partial charge < -0.3 is 24.9 Å². The molecule has 0 atom stereocenters.